The van der Waals surface area contributed by atoms with Crippen molar-refractivity contribution in [1.29, 1.82) is 0 Å². The summed E-state index contributed by atoms with van der Waals surface area (Å²) < 4.78 is 10.6. The summed E-state index contributed by atoms with van der Waals surface area (Å²) in [6, 6.07) is 6.74. The van der Waals surface area contributed by atoms with E-state index in [2.05, 4.69) is 15.6 Å². The number of furan rings is 1. The number of rotatable bonds is 4. The van der Waals surface area contributed by atoms with E-state index < -0.39 is 5.91 Å². The summed E-state index contributed by atoms with van der Waals surface area (Å²) in [4.78, 5) is 28.8. The number of carbonyl (C=O) groups is 2. The molecule has 0 spiro atoms. The van der Waals surface area contributed by atoms with Crippen LogP contribution in [-0.2, 0) is 4.79 Å². The Labute approximate surface area is 153 Å². The van der Waals surface area contributed by atoms with Crippen LogP contribution in [0.3, 0.4) is 0 Å². The van der Waals surface area contributed by atoms with Gasteiger partial charge >= 0.3 is 0 Å². The molecule has 0 bridgehead atoms. The van der Waals surface area contributed by atoms with E-state index in [0.717, 1.165) is 10.6 Å². The highest BCUT2D eigenvalue weighted by molar-refractivity contribution is 7.09. The van der Waals surface area contributed by atoms with Crippen LogP contribution in [0.1, 0.15) is 33.5 Å². The molecule has 132 valence electrons. The third-order valence-corrected chi connectivity index (χ3v) is 5.04. The fourth-order valence-electron chi connectivity index (χ4n) is 2.97. The van der Waals surface area contributed by atoms with E-state index >= 15 is 0 Å². The van der Waals surface area contributed by atoms with Crippen LogP contribution in [0.2, 0.25) is 0 Å². The molecule has 26 heavy (non-hydrogen) atoms. The number of amides is 2. The molecule has 7 nitrogen and oxygen atoms in total. The van der Waals surface area contributed by atoms with Crippen molar-refractivity contribution in [1.82, 2.24) is 4.98 Å². The lowest BCUT2D eigenvalue weighted by Crippen LogP contribution is -2.24. The van der Waals surface area contributed by atoms with Crippen molar-refractivity contribution >= 4 is 34.5 Å². The number of fused-ring (bicyclic) bond motifs is 1. The third-order valence-electron chi connectivity index (χ3n) is 4.15. The Morgan fingerprint density at radius 3 is 3.04 bits per heavy atom. The first-order valence-electron chi connectivity index (χ1n) is 7.91. The molecule has 0 radical (unpaired) electrons. The number of ether oxygens (including phenoxy) is 1. The van der Waals surface area contributed by atoms with Gasteiger partial charge in [-0.25, -0.2) is 4.98 Å². The first kappa shape index (κ1) is 16.3. The lowest BCUT2D eigenvalue weighted by molar-refractivity contribution is -0.116. The third kappa shape index (κ3) is 2.95. The van der Waals surface area contributed by atoms with Crippen LogP contribution in [-0.4, -0.2) is 23.9 Å². The van der Waals surface area contributed by atoms with Gasteiger partial charge in [0.25, 0.3) is 5.91 Å². The molecule has 3 heterocycles. The second-order valence-corrected chi connectivity index (χ2v) is 6.67. The van der Waals surface area contributed by atoms with E-state index in [1.807, 2.05) is 11.4 Å². The predicted octanol–water partition coefficient (Wildman–Crippen LogP) is 3.47. The van der Waals surface area contributed by atoms with Crippen LogP contribution in [0.5, 0.6) is 5.75 Å². The molecule has 4 rings (SSSR count). The SMILES string of the molecule is COc1cc2c(cc1NC(=O)c1ccco1)NC(=O)CC2c1nccs1. The second kappa shape index (κ2) is 6.64. The van der Waals surface area contributed by atoms with Crippen LogP contribution in [0, 0.1) is 0 Å². The number of hydrogen-bond donors (Lipinski definition) is 2. The van der Waals surface area contributed by atoms with Gasteiger partial charge in [-0.2, -0.15) is 0 Å². The molecule has 2 aromatic heterocycles. The zero-order valence-electron chi connectivity index (χ0n) is 13.8. The minimum Gasteiger partial charge on any atom is -0.495 e. The summed E-state index contributed by atoms with van der Waals surface area (Å²) in [6.45, 7) is 0. The van der Waals surface area contributed by atoms with Gasteiger partial charge in [-0.1, -0.05) is 0 Å². The lowest BCUT2D eigenvalue weighted by atomic mass is 9.90. The van der Waals surface area contributed by atoms with Gasteiger partial charge in [0, 0.05) is 29.6 Å². The number of hydrogen-bond acceptors (Lipinski definition) is 6. The van der Waals surface area contributed by atoms with Crippen molar-refractivity contribution in [3.05, 3.63) is 58.4 Å². The Balaban J connectivity index is 1.73. The van der Waals surface area contributed by atoms with Crippen LogP contribution >= 0.6 is 11.3 Å². The van der Waals surface area contributed by atoms with Crippen LogP contribution in [0.4, 0.5) is 11.4 Å². The maximum absolute atomic E-state index is 12.3. The molecule has 1 aliphatic rings. The normalized spacial score (nSPS) is 15.9. The number of benzene rings is 1. The largest absolute Gasteiger partial charge is 0.495 e. The zero-order valence-corrected chi connectivity index (χ0v) is 14.6. The molecule has 1 aliphatic heterocycles. The fourth-order valence-corrected chi connectivity index (χ4v) is 3.73. The predicted molar refractivity (Wildman–Crippen MR) is 96.9 cm³/mol. The van der Waals surface area contributed by atoms with E-state index in [4.69, 9.17) is 9.15 Å². The average Bonchev–Trinajstić information content (AvgIpc) is 3.34. The van der Waals surface area contributed by atoms with E-state index in [9.17, 15) is 9.59 Å². The topological polar surface area (TPSA) is 93.5 Å². The van der Waals surface area contributed by atoms with Gasteiger partial charge in [-0.3, -0.25) is 9.59 Å². The van der Waals surface area contributed by atoms with Gasteiger partial charge in [-0.15, -0.1) is 11.3 Å². The van der Waals surface area contributed by atoms with Crippen LogP contribution in [0.15, 0.2) is 46.5 Å². The van der Waals surface area contributed by atoms with Crippen molar-refractivity contribution in [2.45, 2.75) is 12.3 Å². The van der Waals surface area contributed by atoms with Gasteiger partial charge in [0.1, 0.15) is 10.8 Å². The number of nitrogens with one attached hydrogen (secondary N) is 2. The van der Waals surface area contributed by atoms with E-state index in [-0.39, 0.29) is 17.6 Å². The van der Waals surface area contributed by atoms with Crippen molar-refractivity contribution in [2.24, 2.45) is 0 Å². The fraction of sp³-hybridized carbons (Fsp3) is 0.167. The van der Waals surface area contributed by atoms with Gasteiger partial charge in [0.2, 0.25) is 5.91 Å². The monoisotopic (exact) mass is 369 g/mol. The number of carbonyl (C=O) groups excluding carboxylic acids is 2. The summed E-state index contributed by atoms with van der Waals surface area (Å²) in [5, 5.41) is 8.37. The molecule has 0 saturated heterocycles. The number of methoxy groups -OCH3 is 1. The Morgan fingerprint density at radius 1 is 1.46 bits per heavy atom. The molecule has 1 atom stereocenters. The molecule has 2 N–H and O–H groups in total. The van der Waals surface area contributed by atoms with E-state index in [1.165, 1.54) is 24.7 Å². The standard InChI is InChI=1S/C18H15N3O4S/c1-24-15-7-10-11(18-19-4-6-26-18)8-16(22)20-12(10)9-13(15)21-17(23)14-3-2-5-25-14/h2-7,9,11H,8H2,1H3,(H,20,22)(H,21,23). The molecule has 8 heteroatoms. The Hall–Kier alpha value is -3.13. The van der Waals surface area contributed by atoms with Crippen molar-refractivity contribution in [3.8, 4) is 5.75 Å². The first-order valence-corrected chi connectivity index (χ1v) is 8.79. The molecule has 3 aromatic rings. The molecular formula is C18H15N3O4S. The van der Waals surface area contributed by atoms with E-state index in [0.29, 0.717) is 23.5 Å². The van der Waals surface area contributed by atoms with E-state index in [1.54, 1.807) is 24.4 Å². The van der Waals surface area contributed by atoms with Crippen LogP contribution < -0.4 is 15.4 Å². The van der Waals surface area contributed by atoms with Crippen LogP contribution in [0.25, 0.3) is 0 Å². The molecular weight excluding hydrogens is 354 g/mol. The number of anilines is 2. The average molecular weight is 369 g/mol. The van der Waals surface area contributed by atoms with Crippen molar-refractivity contribution in [3.63, 3.8) is 0 Å². The molecule has 0 saturated carbocycles. The highest BCUT2D eigenvalue weighted by Gasteiger charge is 2.30. The highest BCUT2D eigenvalue weighted by atomic mass is 32.1. The number of thiazole rings is 1. The highest BCUT2D eigenvalue weighted by Crippen LogP contribution is 2.42. The zero-order chi connectivity index (χ0) is 18.1. The first-order chi connectivity index (χ1) is 12.7. The van der Waals surface area contributed by atoms with Gasteiger partial charge in [0.05, 0.1) is 19.1 Å². The van der Waals surface area contributed by atoms with Gasteiger partial charge < -0.3 is 19.8 Å². The molecule has 1 unspecified atom stereocenters. The van der Waals surface area contributed by atoms with Crippen molar-refractivity contribution < 1.29 is 18.7 Å². The minimum absolute atomic E-state index is 0.0915. The number of nitrogens with zero attached hydrogens (tertiary/aromatic N) is 1. The lowest BCUT2D eigenvalue weighted by Gasteiger charge is -2.26. The Bertz CT molecular complexity index is 951. The second-order valence-electron chi connectivity index (χ2n) is 5.75. The summed E-state index contributed by atoms with van der Waals surface area (Å²) in [7, 11) is 1.53. The van der Waals surface area contributed by atoms with Gasteiger partial charge in [-0.05, 0) is 29.8 Å². The molecule has 1 aromatic carbocycles. The maximum atomic E-state index is 12.3. The summed E-state index contributed by atoms with van der Waals surface area (Å²) in [6.07, 6.45) is 3.47. The smallest absolute Gasteiger partial charge is 0.291 e. The summed E-state index contributed by atoms with van der Waals surface area (Å²) in [5.41, 5.74) is 2.00. The number of aromatic nitrogens is 1. The summed E-state index contributed by atoms with van der Waals surface area (Å²) >= 11 is 1.51. The van der Waals surface area contributed by atoms with Crippen molar-refractivity contribution in [2.75, 3.05) is 17.7 Å². The Morgan fingerprint density at radius 2 is 2.35 bits per heavy atom. The van der Waals surface area contributed by atoms with Gasteiger partial charge in [0.15, 0.2) is 5.76 Å². The molecule has 0 fully saturated rings. The quantitative estimate of drug-likeness (QED) is 0.734. The molecule has 2 amide bonds. The molecule has 0 aliphatic carbocycles. The summed E-state index contributed by atoms with van der Waals surface area (Å²) in [5.74, 6) is 0.0661. The maximum Gasteiger partial charge on any atom is 0.291 e. The minimum atomic E-state index is -0.396. The Kier molecular flexibility index (Phi) is 4.18.